The van der Waals surface area contributed by atoms with Gasteiger partial charge < -0.3 is 29.4 Å². The fourth-order valence-corrected chi connectivity index (χ4v) is 3.02. The molecule has 2 amide bonds. The fraction of sp³-hybridized carbons (Fsp3) is 0.727. The molecule has 0 radical (unpaired) electrons. The van der Waals surface area contributed by atoms with Gasteiger partial charge in [0.05, 0.1) is 54.4 Å². The van der Waals surface area contributed by atoms with Gasteiger partial charge in [-0.15, -0.1) is 0 Å². The smallest absolute Gasteiger partial charge is 0.276 e. The van der Waals surface area contributed by atoms with Crippen LogP contribution in [0.2, 0.25) is 0 Å². The predicted molar refractivity (Wildman–Crippen MR) is 128 cm³/mol. The molecule has 10 heteroatoms. The van der Waals surface area contributed by atoms with Gasteiger partial charge in [0.1, 0.15) is 0 Å². The van der Waals surface area contributed by atoms with E-state index < -0.39 is 8.25 Å². The Hall–Kier alpha value is -1.64. The van der Waals surface area contributed by atoms with Crippen LogP contribution in [0.5, 0.6) is 0 Å². The summed E-state index contributed by atoms with van der Waals surface area (Å²) < 4.78 is 10.5. The average molecular weight is 478 g/mol. The van der Waals surface area contributed by atoms with Crippen molar-refractivity contribution in [1.82, 2.24) is 10.6 Å². The number of carbonyl (C=O) groups excluding carboxylic acids is 2. The molecule has 0 spiro atoms. The molecule has 32 heavy (non-hydrogen) atoms. The summed E-state index contributed by atoms with van der Waals surface area (Å²) in [5.74, 6) is -0.156. The Morgan fingerprint density at radius 1 is 0.781 bits per heavy atom. The molecule has 0 aromatic heterocycles. The second-order valence-corrected chi connectivity index (χ2v) is 9.13. The first-order valence-electron chi connectivity index (χ1n) is 11.0. The molecule has 0 atom stereocenters. The Balaban J connectivity index is -0.000000450. The Labute approximate surface area is 196 Å². The second kappa shape index (κ2) is 21.2. The summed E-state index contributed by atoms with van der Waals surface area (Å²) >= 11 is 0. The Morgan fingerprint density at radius 3 is 1.28 bits per heavy atom. The van der Waals surface area contributed by atoms with Crippen molar-refractivity contribution in [2.75, 3.05) is 67.5 Å². The lowest BCUT2D eigenvalue weighted by Crippen LogP contribution is -2.42. The molecule has 0 rings (SSSR count). The highest BCUT2D eigenvalue weighted by Crippen LogP contribution is 2.01. The maximum atomic E-state index is 10.8. The number of hydrogen-bond acceptors (Lipinski definition) is 5. The lowest BCUT2D eigenvalue weighted by Gasteiger charge is -2.29. The molecular weight excluding hydrogens is 431 g/mol. The zero-order valence-electron chi connectivity index (χ0n) is 21.0. The summed E-state index contributed by atoms with van der Waals surface area (Å²) in [5, 5.41) is 5.56. The van der Waals surface area contributed by atoms with Crippen molar-refractivity contribution in [2.24, 2.45) is 0 Å². The zero-order valence-corrected chi connectivity index (χ0v) is 21.9. The van der Waals surface area contributed by atoms with Gasteiger partial charge in [-0.05, 0) is 25.0 Å². The average Bonchev–Trinajstić information content (AvgIpc) is 2.68. The lowest BCUT2D eigenvalue weighted by molar-refractivity contribution is -0.890. The first-order chi connectivity index (χ1) is 14.8. The highest BCUT2D eigenvalue weighted by Gasteiger charge is 2.13. The molecule has 2 N–H and O–H groups in total. The van der Waals surface area contributed by atoms with Crippen LogP contribution < -0.4 is 20.4 Å². The molecule has 0 saturated carbocycles. The molecule has 0 heterocycles. The Morgan fingerprint density at radius 2 is 1.06 bits per heavy atom. The van der Waals surface area contributed by atoms with E-state index in [-0.39, 0.29) is 11.8 Å². The van der Waals surface area contributed by atoms with Crippen molar-refractivity contribution in [3.63, 3.8) is 0 Å². The number of nitrogens with zero attached hydrogens (tertiary/aromatic N) is 2. The maximum Gasteiger partial charge on any atom is 0.276 e. The molecule has 0 aromatic rings. The molecular formula is C22H46N4O5P+. The van der Waals surface area contributed by atoms with Gasteiger partial charge in [0.2, 0.25) is 11.8 Å². The van der Waals surface area contributed by atoms with Crippen LogP contribution >= 0.6 is 8.25 Å². The van der Waals surface area contributed by atoms with Gasteiger partial charge in [-0.2, -0.15) is 0 Å². The van der Waals surface area contributed by atoms with E-state index in [0.29, 0.717) is 0 Å². The van der Waals surface area contributed by atoms with Crippen LogP contribution in [0.25, 0.3) is 0 Å². The van der Waals surface area contributed by atoms with Gasteiger partial charge in [-0.1, -0.05) is 31.6 Å². The third-order valence-corrected chi connectivity index (χ3v) is 4.51. The highest BCUT2D eigenvalue weighted by molar-refractivity contribution is 7.27. The predicted octanol–water partition coefficient (Wildman–Crippen LogP) is 0.695. The first kappa shape index (κ1) is 35.0. The van der Waals surface area contributed by atoms with E-state index in [1.54, 1.807) is 0 Å². The maximum absolute atomic E-state index is 10.8. The van der Waals surface area contributed by atoms with E-state index in [4.69, 9.17) is 14.4 Å². The Kier molecular flexibility index (Phi) is 23.2. The summed E-state index contributed by atoms with van der Waals surface area (Å²) in [6, 6.07) is 0. The summed E-state index contributed by atoms with van der Waals surface area (Å²) in [7, 11) is 5.51. The van der Waals surface area contributed by atoms with Crippen molar-refractivity contribution in [3.8, 4) is 0 Å². The number of hydrogen-bond donors (Lipinski definition) is 2. The van der Waals surface area contributed by atoms with Crippen LogP contribution in [0.15, 0.2) is 25.3 Å². The molecule has 9 nitrogen and oxygen atoms in total. The van der Waals surface area contributed by atoms with Gasteiger partial charge in [0, 0.05) is 25.9 Å². The zero-order chi connectivity index (χ0) is 25.6. The highest BCUT2D eigenvalue weighted by atomic mass is 31.1. The molecule has 188 valence electrons. The van der Waals surface area contributed by atoms with Crippen LogP contribution in [0.3, 0.4) is 0 Å². The summed E-state index contributed by atoms with van der Waals surface area (Å²) in [6.07, 6.45) is 7.06. The summed E-state index contributed by atoms with van der Waals surface area (Å²) in [6.45, 7) is 17.3. The molecule has 0 unspecified atom stereocenters. The van der Waals surface area contributed by atoms with Crippen LogP contribution in [0, 0.1) is 0 Å². The van der Waals surface area contributed by atoms with E-state index in [1.807, 2.05) is 0 Å². The quantitative estimate of drug-likeness (QED) is 0.165. The lowest BCUT2D eigenvalue weighted by atomic mass is 10.3. The monoisotopic (exact) mass is 477 g/mol. The van der Waals surface area contributed by atoms with Gasteiger partial charge in [-0.25, -0.2) is 0 Å². The van der Waals surface area contributed by atoms with E-state index in [1.165, 1.54) is 38.1 Å². The topological polar surface area (TPSA) is 121 Å². The van der Waals surface area contributed by atoms with Crippen LogP contribution in [0.1, 0.15) is 39.5 Å². The SMILES string of the molecule is C=CC(=O)NCCC[N+](C)(C)CCC.C=CC(=O)NCCC[N+](C)(C)CCC.O=[P+]([O-])[O-]. The van der Waals surface area contributed by atoms with Crippen molar-refractivity contribution < 1.29 is 32.9 Å². The van der Waals surface area contributed by atoms with Crippen LogP contribution in [-0.4, -0.2) is 88.2 Å². The van der Waals surface area contributed by atoms with E-state index in [9.17, 15) is 9.59 Å². The number of amides is 2. The summed E-state index contributed by atoms with van der Waals surface area (Å²) in [5.41, 5.74) is 0. The normalized spacial score (nSPS) is 10.5. The van der Waals surface area contributed by atoms with Gasteiger partial charge in [0.15, 0.2) is 0 Å². The Bertz CT molecular complexity index is 508. The van der Waals surface area contributed by atoms with Crippen LogP contribution in [-0.2, 0) is 14.2 Å². The van der Waals surface area contributed by atoms with E-state index in [2.05, 4.69) is 65.8 Å². The molecule has 0 aromatic carbocycles. The van der Waals surface area contributed by atoms with E-state index in [0.717, 1.165) is 48.0 Å². The van der Waals surface area contributed by atoms with Crippen molar-refractivity contribution >= 4 is 20.1 Å². The molecule has 0 bridgehead atoms. The third-order valence-electron chi connectivity index (χ3n) is 4.51. The first-order valence-corrected chi connectivity index (χ1v) is 12.1. The number of quaternary nitrogens is 2. The summed E-state index contributed by atoms with van der Waals surface area (Å²) in [4.78, 5) is 38.6. The molecule has 0 aliphatic heterocycles. The van der Waals surface area contributed by atoms with Crippen molar-refractivity contribution in [1.29, 1.82) is 0 Å². The van der Waals surface area contributed by atoms with Gasteiger partial charge in [-0.3, -0.25) is 9.59 Å². The number of carbonyl (C=O) groups is 2. The minimum Gasteiger partial charge on any atom is -0.598 e. The second-order valence-electron chi connectivity index (χ2n) is 8.69. The third kappa shape index (κ3) is 30.6. The van der Waals surface area contributed by atoms with Crippen LogP contribution in [0.4, 0.5) is 0 Å². The number of rotatable bonds is 14. The number of nitrogens with one attached hydrogen (secondary N) is 2. The molecule has 0 aliphatic rings. The minimum absolute atomic E-state index is 0.0780. The van der Waals surface area contributed by atoms with Gasteiger partial charge in [0.25, 0.3) is 8.25 Å². The standard InChI is InChI=1S/2C11H22N2O.HO3P/c2*1-5-9-13(3,4)10-7-8-12-11(14)6-2;1-4(2)3/h2*6H,2,5,7-10H2,1,3-4H3;(H,1,2,3)/p+1. The molecule has 0 fully saturated rings. The molecule has 0 aliphatic carbocycles. The largest absolute Gasteiger partial charge is 0.598 e. The van der Waals surface area contributed by atoms with Crippen molar-refractivity contribution in [3.05, 3.63) is 25.3 Å². The fourth-order valence-electron chi connectivity index (χ4n) is 3.02. The van der Waals surface area contributed by atoms with Crippen molar-refractivity contribution in [2.45, 2.75) is 39.5 Å². The van der Waals surface area contributed by atoms with E-state index >= 15 is 0 Å². The molecule has 0 saturated heterocycles. The van der Waals surface area contributed by atoms with Gasteiger partial charge >= 0.3 is 0 Å². The minimum atomic E-state index is -3.37.